The third-order valence-electron chi connectivity index (χ3n) is 4.63. The number of halogens is 2. The first-order chi connectivity index (χ1) is 12.7. The fourth-order valence-corrected chi connectivity index (χ4v) is 4.69. The molecule has 4 aromatic rings. The van der Waals surface area contributed by atoms with Crippen LogP contribution < -0.4 is 4.74 Å². The van der Waals surface area contributed by atoms with Gasteiger partial charge in [0.2, 0.25) is 0 Å². The second-order valence-corrected chi connectivity index (χ2v) is 7.33. The van der Waals surface area contributed by atoms with Gasteiger partial charge in [0.25, 0.3) is 0 Å². The van der Waals surface area contributed by atoms with Gasteiger partial charge in [0.1, 0.15) is 16.9 Å². The molecule has 3 aromatic heterocycles. The molecular weight excluding hydrogens is 358 g/mol. The van der Waals surface area contributed by atoms with Crippen molar-refractivity contribution in [3.8, 4) is 17.1 Å². The minimum absolute atomic E-state index is 0.114. The fraction of sp³-hybridized carbons (Fsp3) is 0.278. The number of hydrogen-bond donors (Lipinski definition) is 0. The molecule has 0 amide bonds. The van der Waals surface area contributed by atoms with Crippen LogP contribution in [0.15, 0.2) is 30.6 Å². The van der Waals surface area contributed by atoms with Crippen LogP contribution in [0, 0.1) is 0 Å². The van der Waals surface area contributed by atoms with Crippen molar-refractivity contribution < 1.29 is 13.5 Å². The summed E-state index contributed by atoms with van der Waals surface area (Å²) in [5, 5.41) is 5.61. The van der Waals surface area contributed by atoms with E-state index in [-0.39, 0.29) is 5.75 Å². The van der Waals surface area contributed by atoms with E-state index in [0.29, 0.717) is 5.82 Å². The molecule has 1 aliphatic rings. The van der Waals surface area contributed by atoms with Crippen LogP contribution in [-0.2, 0) is 12.8 Å². The van der Waals surface area contributed by atoms with E-state index < -0.39 is 6.61 Å². The second-order valence-electron chi connectivity index (χ2n) is 6.24. The van der Waals surface area contributed by atoms with E-state index in [9.17, 15) is 8.78 Å². The van der Waals surface area contributed by atoms with Crippen molar-refractivity contribution in [1.29, 1.82) is 0 Å². The van der Waals surface area contributed by atoms with Crippen LogP contribution in [-0.4, -0.2) is 26.2 Å². The normalized spacial score (nSPS) is 14.3. The van der Waals surface area contributed by atoms with Gasteiger partial charge < -0.3 is 4.74 Å². The molecular formula is C18H14F2N4OS. The Hall–Kier alpha value is -2.61. The van der Waals surface area contributed by atoms with Gasteiger partial charge in [0.05, 0.1) is 5.39 Å². The average molecular weight is 372 g/mol. The molecule has 0 N–H and O–H groups in total. The van der Waals surface area contributed by atoms with E-state index in [1.54, 1.807) is 34.3 Å². The predicted molar refractivity (Wildman–Crippen MR) is 94.9 cm³/mol. The summed E-state index contributed by atoms with van der Waals surface area (Å²) in [6, 6.07) is 6.35. The molecule has 0 aliphatic heterocycles. The molecule has 132 valence electrons. The van der Waals surface area contributed by atoms with E-state index in [1.807, 2.05) is 0 Å². The summed E-state index contributed by atoms with van der Waals surface area (Å²) in [5.74, 6) is 0.655. The molecule has 0 unspecified atom stereocenters. The van der Waals surface area contributed by atoms with Crippen LogP contribution in [0.25, 0.3) is 27.3 Å². The fourth-order valence-electron chi connectivity index (χ4n) is 3.46. The Morgan fingerprint density at radius 2 is 1.92 bits per heavy atom. The molecule has 0 spiro atoms. The molecule has 5 nitrogen and oxygen atoms in total. The summed E-state index contributed by atoms with van der Waals surface area (Å²) in [6.45, 7) is -2.83. The summed E-state index contributed by atoms with van der Waals surface area (Å²) in [7, 11) is 0. The van der Waals surface area contributed by atoms with Crippen molar-refractivity contribution in [2.24, 2.45) is 0 Å². The first-order valence-corrected chi connectivity index (χ1v) is 9.21. The lowest BCUT2D eigenvalue weighted by molar-refractivity contribution is -0.0498. The largest absolute Gasteiger partial charge is 0.435 e. The predicted octanol–water partition coefficient (Wildman–Crippen LogP) is 4.49. The molecule has 0 saturated heterocycles. The zero-order valence-electron chi connectivity index (χ0n) is 13.7. The number of hydrogen-bond acceptors (Lipinski definition) is 5. The van der Waals surface area contributed by atoms with Crippen molar-refractivity contribution in [1.82, 2.24) is 19.6 Å². The Bertz CT molecular complexity index is 1100. The van der Waals surface area contributed by atoms with Gasteiger partial charge in [-0.3, -0.25) is 0 Å². The van der Waals surface area contributed by atoms with Crippen molar-refractivity contribution in [2.75, 3.05) is 0 Å². The highest BCUT2D eigenvalue weighted by molar-refractivity contribution is 7.19. The summed E-state index contributed by atoms with van der Waals surface area (Å²) in [4.78, 5) is 11.7. The maximum absolute atomic E-state index is 12.3. The molecule has 3 heterocycles. The first-order valence-electron chi connectivity index (χ1n) is 8.40. The number of fused-ring (bicyclic) bond motifs is 5. The van der Waals surface area contributed by atoms with Gasteiger partial charge in [-0.2, -0.15) is 8.78 Å². The molecule has 0 atom stereocenters. The molecule has 0 saturated carbocycles. The van der Waals surface area contributed by atoms with E-state index in [2.05, 4.69) is 14.8 Å². The van der Waals surface area contributed by atoms with Gasteiger partial charge in [-0.1, -0.05) is 0 Å². The van der Waals surface area contributed by atoms with Gasteiger partial charge in [0, 0.05) is 10.4 Å². The number of ether oxygens (including phenoxy) is 1. The number of alkyl halides is 2. The minimum Gasteiger partial charge on any atom is -0.435 e. The Morgan fingerprint density at radius 3 is 2.73 bits per heavy atom. The van der Waals surface area contributed by atoms with Gasteiger partial charge in [0.15, 0.2) is 11.5 Å². The SMILES string of the molecule is FC(F)Oc1ccc(-c2nc3c4c5c(sc4ncn3n2)CCCC5)cc1. The first kappa shape index (κ1) is 15.6. The van der Waals surface area contributed by atoms with Gasteiger partial charge in [-0.25, -0.2) is 14.5 Å². The average Bonchev–Trinajstić information content (AvgIpc) is 3.22. The van der Waals surface area contributed by atoms with E-state index in [0.717, 1.165) is 34.3 Å². The van der Waals surface area contributed by atoms with Crippen molar-refractivity contribution in [3.63, 3.8) is 0 Å². The monoisotopic (exact) mass is 372 g/mol. The Kier molecular flexibility index (Phi) is 3.59. The van der Waals surface area contributed by atoms with Gasteiger partial charge >= 0.3 is 6.61 Å². The maximum Gasteiger partial charge on any atom is 0.387 e. The summed E-state index contributed by atoms with van der Waals surface area (Å²) in [5.41, 5.74) is 2.90. The van der Waals surface area contributed by atoms with Crippen LogP contribution in [0.4, 0.5) is 8.78 Å². The smallest absolute Gasteiger partial charge is 0.387 e. The molecule has 26 heavy (non-hydrogen) atoms. The van der Waals surface area contributed by atoms with Crippen LogP contribution >= 0.6 is 11.3 Å². The number of rotatable bonds is 3. The third kappa shape index (κ3) is 2.52. The van der Waals surface area contributed by atoms with Crippen molar-refractivity contribution in [3.05, 3.63) is 41.0 Å². The Balaban J connectivity index is 1.61. The summed E-state index contributed by atoms with van der Waals surface area (Å²) < 4.78 is 30.6. The number of benzene rings is 1. The van der Waals surface area contributed by atoms with Crippen molar-refractivity contribution in [2.45, 2.75) is 32.3 Å². The highest BCUT2D eigenvalue weighted by Crippen LogP contribution is 2.37. The second kappa shape index (κ2) is 5.98. The number of nitrogens with zero attached hydrogens (tertiary/aromatic N) is 4. The van der Waals surface area contributed by atoms with E-state index in [4.69, 9.17) is 4.98 Å². The lowest BCUT2D eigenvalue weighted by Gasteiger charge is -2.09. The lowest BCUT2D eigenvalue weighted by Crippen LogP contribution is -2.01. The van der Waals surface area contributed by atoms with Crippen LogP contribution in [0.3, 0.4) is 0 Å². The summed E-state index contributed by atoms with van der Waals surface area (Å²) >= 11 is 1.75. The minimum atomic E-state index is -2.83. The molecule has 1 aromatic carbocycles. The zero-order valence-corrected chi connectivity index (χ0v) is 14.5. The topological polar surface area (TPSA) is 52.3 Å². The van der Waals surface area contributed by atoms with Crippen LogP contribution in [0.5, 0.6) is 5.75 Å². The molecule has 0 radical (unpaired) electrons. The number of aryl methyl sites for hydroxylation is 2. The molecule has 1 aliphatic carbocycles. The van der Waals surface area contributed by atoms with Gasteiger partial charge in [-0.05, 0) is 55.5 Å². The number of thiophene rings is 1. The van der Waals surface area contributed by atoms with Gasteiger partial charge in [-0.15, -0.1) is 16.4 Å². The zero-order chi connectivity index (χ0) is 17.7. The summed E-state index contributed by atoms with van der Waals surface area (Å²) in [6.07, 6.45) is 6.26. The highest BCUT2D eigenvalue weighted by Gasteiger charge is 2.21. The lowest BCUT2D eigenvalue weighted by atomic mass is 9.97. The van der Waals surface area contributed by atoms with E-state index >= 15 is 0 Å². The maximum atomic E-state index is 12.3. The van der Waals surface area contributed by atoms with Crippen molar-refractivity contribution >= 4 is 27.2 Å². The molecule has 0 fully saturated rings. The third-order valence-corrected chi connectivity index (χ3v) is 5.83. The van der Waals surface area contributed by atoms with Crippen LogP contribution in [0.1, 0.15) is 23.3 Å². The molecule has 8 heteroatoms. The Labute approximate surface area is 151 Å². The van der Waals surface area contributed by atoms with E-state index in [1.165, 1.54) is 35.4 Å². The Morgan fingerprint density at radius 1 is 1.12 bits per heavy atom. The molecule has 5 rings (SSSR count). The van der Waals surface area contributed by atoms with Crippen LogP contribution in [0.2, 0.25) is 0 Å². The quantitative estimate of drug-likeness (QED) is 0.532. The number of aromatic nitrogens is 4. The highest BCUT2D eigenvalue weighted by atomic mass is 32.1. The molecule has 0 bridgehead atoms. The standard InChI is InChI=1S/C18H14F2N4OS/c19-18(20)25-11-7-5-10(6-8-11)15-22-16-14-12-3-1-2-4-13(12)26-17(14)21-9-24(16)23-15/h5-9,18H,1-4H2.